The molecule has 1 aliphatic rings. The van der Waals surface area contributed by atoms with Crippen molar-refractivity contribution in [2.24, 2.45) is 0 Å². The van der Waals surface area contributed by atoms with Crippen molar-refractivity contribution in [3.8, 4) is 0 Å². The molecule has 1 N–H and O–H groups in total. The first-order valence-corrected chi connectivity index (χ1v) is 10.6. The maximum atomic E-state index is 12.9. The lowest BCUT2D eigenvalue weighted by Crippen LogP contribution is -2.46. The van der Waals surface area contributed by atoms with Crippen molar-refractivity contribution in [3.63, 3.8) is 0 Å². The summed E-state index contributed by atoms with van der Waals surface area (Å²) in [6, 6.07) is 8.64. The number of hydrogen-bond acceptors (Lipinski definition) is 4. The zero-order valence-corrected chi connectivity index (χ0v) is 17.1. The number of rotatable bonds is 4. The Balaban J connectivity index is 1.64. The van der Waals surface area contributed by atoms with Crippen LogP contribution in [0.1, 0.15) is 34.5 Å². The normalized spacial score (nSPS) is 16.6. The second kappa shape index (κ2) is 7.54. The van der Waals surface area contributed by atoms with Crippen LogP contribution >= 0.6 is 15.9 Å². The summed E-state index contributed by atoms with van der Waals surface area (Å²) in [5, 5.41) is 2.91. The molecule has 0 spiro atoms. The van der Waals surface area contributed by atoms with E-state index in [1.54, 1.807) is 25.1 Å². The molecule has 1 aromatic carbocycles. The van der Waals surface area contributed by atoms with E-state index in [-0.39, 0.29) is 17.7 Å². The quantitative estimate of drug-likeness (QED) is 0.790. The van der Waals surface area contributed by atoms with Crippen LogP contribution in [0, 0.1) is 13.8 Å². The van der Waals surface area contributed by atoms with Gasteiger partial charge in [-0.2, -0.15) is 4.31 Å². The number of furan rings is 1. The van der Waals surface area contributed by atoms with Crippen LogP contribution in [0.4, 0.5) is 0 Å². The molecular weight excluding hydrogens is 420 g/mol. The van der Waals surface area contributed by atoms with Crippen molar-refractivity contribution in [3.05, 3.63) is 51.9 Å². The lowest BCUT2D eigenvalue weighted by Gasteiger charge is -2.31. The van der Waals surface area contributed by atoms with Crippen LogP contribution in [0.2, 0.25) is 0 Å². The van der Waals surface area contributed by atoms with Crippen LogP contribution in [-0.2, 0) is 10.0 Å². The third kappa shape index (κ3) is 4.02. The minimum Gasteiger partial charge on any atom is -0.444 e. The van der Waals surface area contributed by atoms with Gasteiger partial charge in [0.25, 0.3) is 5.91 Å². The largest absolute Gasteiger partial charge is 0.444 e. The van der Waals surface area contributed by atoms with Crippen LogP contribution < -0.4 is 5.32 Å². The smallest absolute Gasteiger partial charge is 0.287 e. The van der Waals surface area contributed by atoms with E-state index in [1.165, 1.54) is 4.31 Å². The molecule has 0 aliphatic carbocycles. The van der Waals surface area contributed by atoms with Crippen molar-refractivity contribution in [1.82, 2.24) is 9.62 Å². The molecule has 3 rings (SSSR count). The number of nitrogens with one attached hydrogen (secondary N) is 1. The number of hydrogen-bond donors (Lipinski definition) is 1. The fourth-order valence-corrected chi connectivity index (χ4v) is 5.14. The third-order valence-corrected chi connectivity index (χ3v) is 7.01. The predicted octanol–water partition coefficient (Wildman–Crippen LogP) is 3.24. The molecule has 1 aliphatic heterocycles. The fraction of sp³-hybridized carbons (Fsp3) is 0.389. The van der Waals surface area contributed by atoms with E-state index in [4.69, 9.17) is 4.42 Å². The van der Waals surface area contributed by atoms with E-state index in [1.807, 2.05) is 19.1 Å². The van der Waals surface area contributed by atoms with E-state index in [9.17, 15) is 13.2 Å². The van der Waals surface area contributed by atoms with Gasteiger partial charge < -0.3 is 9.73 Å². The molecule has 8 heteroatoms. The predicted molar refractivity (Wildman–Crippen MR) is 102 cm³/mol. The van der Waals surface area contributed by atoms with Crippen molar-refractivity contribution in [1.29, 1.82) is 0 Å². The minimum absolute atomic E-state index is 0.0727. The van der Waals surface area contributed by atoms with E-state index >= 15 is 0 Å². The van der Waals surface area contributed by atoms with Gasteiger partial charge >= 0.3 is 0 Å². The number of carbonyl (C=O) groups is 1. The highest BCUT2D eigenvalue weighted by molar-refractivity contribution is 9.10. The number of aryl methyl sites for hydroxylation is 2. The molecule has 0 saturated carbocycles. The zero-order chi connectivity index (χ0) is 18.9. The molecule has 1 fully saturated rings. The fourth-order valence-electron chi connectivity index (χ4n) is 3.06. The Labute approximate surface area is 161 Å². The van der Waals surface area contributed by atoms with Crippen LogP contribution in [0.3, 0.4) is 0 Å². The molecule has 1 amide bonds. The monoisotopic (exact) mass is 440 g/mol. The lowest BCUT2D eigenvalue weighted by molar-refractivity contribution is 0.0894. The highest BCUT2D eigenvalue weighted by atomic mass is 79.9. The third-order valence-electron chi connectivity index (χ3n) is 4.55. The number of piperidine rings is 1. The second-order valence-corrected chi connectivity index (χ2v) is 9.21. The van der Waals surface area contributed by atoms with Gasteiger partial charge in [0.2, 0.25) is 10.0 Å². The van der Waals surface area contributed by atoms with Gasteiger partial charge in [0.15, 0.2) is 10.4 Å². The molecule has 0 bridgehead atoms. The number of benzene rings is 1. The van der Waals surface area contributed by atoms with Crippen LogP contribution in [0.15, 0.2) is 44.3 Å². The molecule has 140 valence electrons. The number of halogens is 1. The standard InChI is InChI=1S/C18H21BrN2O4S/c1-12-3-4-13(2)16(11-12)26(23,24)21-9-7-14(8-10-21)20-18(22)15-5-6-17(19)25-15/h3-6,11,14H,7-10H2,1-2H3,(H,20,22). The number of nitrogens with zero attached hydrogens (tertiary/aromatic N) is 1. The van der Waals surface area contributed by atoms with E-state index in [0.717, 1.165) is 11.1 Å². The average molecular weight is 441 g/mol. The Hall–Kier alpha value is -1.64. The van der Waals surface area contributed by atoms with Gasteiger partial charge in [-0.15, -0.1) is 0 Å². The molecule has 0 radical (unpaired) electrons. The summed E-state index contributed by atoms with van der Waals surface area (Å²) in [7, 11) is -3.52. The summed E-state index contributed by atoms with van der Waals surface area (Å²) in [5.74, 6) is -0.0474. The molecule has 0 atom stereocenters. The highest BCUT2D eigenvalue weighted by Gasteiger charge is 2.31. The van der Waals surface area contributed by atoms with E-state index < -0.39 is 10.0 Å². The molecular formula is C18H21BrN2O4S. The Morgan fingerprint density at radius 1 is 1.19 bits per heavy atom. The first kappa shape index (κ1) is 19.1. The maximum Gasteiger partial charge on any atom is 0.287 e. The van der Waals surface area contributed by atoms with Crippen molar-refractivity contribution in [2.45, 2.75) is 37.6 Å². The minimum atomic E-state index is -3.52. The second-order valence-electron chi connectivity index (χ2n) is 6.52. The van der Waals surface area contributed by atoms with Gasteiger partial charge in [0.1, 0.15) is 0 Å². The molecule has 2 heterocycles. The van der Waals surface area contributed by atoms with Gasteiger partial charge in [-0.3, -0.25) is 4.79 Å². The Bertz CT molecular complexity index is 915. The molecule has 6 nitrogen and oxygen atoms in total. The molecule has 0 unspecified atom stereocenters. The average Bonchev–Trinajstić information content (AvgIpc) is 3.04. The van der Waals surface area contributed by atoms with Gasteiger partial charge in [-0.25, -0.2) is 8.42 Å². The van der Waals surface area contributed by atoms with Gasteiger partial charge in [-0.1, -0.05) is 12.1 Å². The van der Waals surface area contributed by atoms with E-state index in [2.05, 4.69) is 21.2 Å². The summed E-state index contributed by atoms with van der Waals surface area (Å²) in [6.45, 7) is 4.44. The number of sulfonamides is 1. The summed E-state index contributed by atoms with van der Waals surface area (Å²) in [4.78, 5) is 12.5. The van der Waals surface area contributed by atoms with Crippen molar-refractivity contribution in [2.75, 3.05) is 13.1 Å². The molecule has 26 heavy (non-hydrogen) atoms. The summed E-state index contributed by atoms with van der Waals surface area (Å²) in [6.07, 6.45) is 1.13. The molecule has 1 aromatic heterocycles. The molecule has 2 aromatic rings. The summed E-state index contributed by atoms with van der Waals surface area (Å²) < 4.78 is 33.1. The Kier molecular flexibility index (Phi) is 5.55. The first-order chi connectivity index (χ1) is 12.3. The number of amides is 1. The van der Waals surface area contributed by atoms with Crippen molar-refractivity contribution >= 4 is 31.9 Å². The van der Waals surface area contributed by atoms with Gasteiger partial charge in [-0.05, 0) is 71.9 Å². The Morgan fingerprint density at radius 2 is 1.88 bits per heavy atom. The maximum absolute atomic E-state index is 12.9. The zero-order valence-electron chi connectivity index (χ0n) is 14.7. The number of carbonyl (C=O) groups excluding carboxylic acids is 1. The summed E-state index contributed by atoms with van der Waals surface area (Å²) >= 11 is 3.17. The lowest BCUT2D eigenvalue weighted by atomic mass is 10.1. The Morgan fingerprint density at radius 3 is 2.50 bits per heavy atom. The summed E-state index contributed by atoms with van der Waals surface area (Å²) in [5.41, 5.74) is 1.66. The first-order valence-electron chi connectivity index (χ1n) is 8.41. The van der Waals surface area contributed by atoms with Crippen LogP contribution in [0.5, 0.6) is 0 Å². The molecule has 1 saturated heterocycles. The highest BCUT2D eigenvalue weighted by Crippen LogP contribution is 2.24. The van der Waals surface area contributed by atoms with Crippen molar-refractivity contribution < 1.29 is 17.6 Å². The topological polar surface area (TPSA) is 79.6 Å². The van der Waals surface area contributed by atoms with Crippen LogP contribution in [-0.4, -0.2) is 37.8 Å². The van der Waals surface area contributed by atoms with Gasteiger partial charge in [0, 0.05) is 19.1 Å². The van der Waals surface area contributed by atoms with E-state index in [0.29, 0.717) is 35.5 Å². The van der Waals surface area contributed by atoms with Gasteiger partial charge in [0.05, 0.1) is 4.90 Å². The van der Waals surface area contributed by atoms with Crippen LogP contribution in [0.25, 0.3) is 0 Å². The SMILES string of the molecule is Cc1ccc(C)c(S(=O)(=O)N2CCC(NC(=O)c3ccc(Br)o3)CC2)c1.